The van der Waals surface area contributed by atoms with Gasteiger partial charge in [-0.15, -0.1) is 0 Å². The van der Waals surface area contributed by atoms with Gasteiger partial charge in [0.05, 0.1) is 0 Å². The Morgan fingerprint density at radius 3 is 1.00 bits per heavy atom. The van der Waals surface area contributed by atoms with Crippen LogP contribution in [0.5, 0.6) is 0 Å². The predicted molar refractivity (Wildman–Crippen MR) is 99.9 cm³/mol. The highest BCUT2D eigenvalue weighted by molar-refractivity contribution is 8.19. The second-order valence-corrected chi connectivity index (χ2v) is 21.6. The van der Waals surface area contributed by atoms with Crippen molar-refractivity contribution < 1.29 is 0 Å². The Hall–Kier alpha value is 2.58. The Morgan fingerprint density at radius 1 is 0.550 bits per heavy atom. The Kier molecular flexibility index (Phi) is 7.04. The third-order valence-electron chi connectivity index (χ3n) is 1.90. The Morgan fingerprint density at radius 2 is 0.800 bits per heavy atom. The molecule has 1 aliphatic heterocycles. The summed E-state index contributed by atoms with van der Waals surface area (Å²) in [6, 6.07) is 0. The smallest absolute Gasteiger partial charge is 0.246 e. The van der Waals surface area contributed by atoms with Gasteiger partial charge in [0.25, 0.3) is 11.8 Å². The van der Waals surface area contributed by atoms with Gasteiger partial charge >= 0.3 is 0 Å². The van der Waals surface area contributed by atoms with Gasteiger partial charge in [0.2, 0.25) is 13.4 Å². The molecule has 0 aromatic carbocycles. The van der Waals surface area contributed by atoms with E-state index in [1.807, 2.05) is 0 Å². The van der Waals surface area contributed by atoms with Gasteiger partial charge in [-0.2, -0.15) is 18.1 Å². The van der Waals surface area contributed by atoms with E-state index in [1.54, 1.807) is 37.5 Å². The van der Waals surface area contributed by atoms with Crippen molar-refractivity contribution in [3.05, 3.63) is 0 Å². The van der Waals surface area contributed by atoms with Crippen molar-refractivity contribution in [2.75, 3.05) is 28.2 Å². The lowest BCUT2D eigenvalue weighted by Crippen LogP contribution is -2.04. The maximum atomic E-state index is 6.39. The lowest BCUT2D eigenvalue weighted by Gasteiger charge is -2.28. The van der Waals surface area contributed by atoms with Crippen LogP contribution in [-0.2, 0) is 0 Å². The zero-order valence-corrected chi connectivity index (χ0v) is 18.9. The summed E-state index contributed by atoms with van der Waals surface area (Å²) < 4.78 is 19.9. The second kappa shape index (κ2) is 6.83. The molecule has 1 rings (SSSR count). The number of hydrogen-bond donors (Lipinski definition) is 0. The van der Waals surface area contributed by atoms with Crippen molar-refractivity contribution >= 4 is 92.7 Å². The van der Waals surface area contributed by atoms with E-state index < -0.39 is 25.2 Å². The van der Waals surface area contributed by atoms with Crippen molar-refractivity contribution in [3.8, 4) is 0 Å². The van der Waals surface area contributed by atoms with Gasteiger partial charge in [0, 0.05) is 0 Å². The molecule has 2 unspecified atom stereocenters. The van der Waals surface area contributed by atoms with Crippen LogP contribution < -0.4 is 0 Å². The topological polar surface area (TPSA) is 55.9 Å². The molecule has 0 N–H and O–H groups in total. The van der Waals surface area contributed by atoms with Gasteiger partial charge < -0.3 is 0 Å². The third kappa shape index (κ3) is 5.30. The largest absolute Gasteiger partial charge is 0.257 e. The fourth-order valence-corrected chi connectivity index (χ4v) is 22.5. The van der Waals surface area contributed by atoms with E-state index in [9.17, 15) is 0 Å². The molecule has 0 fully saturated rings. The molecule has 120 valence electrons. The maximum Gasteiger partial charge on any atom is 0.257 e. The molecule has 0 saturated carbocycles. The molecule has 0 aromatic heterocycles. The molecule has 20 heavy (non-hydrogen) atoms. The van der Waals surface area contributed by atoms with E-state index in [-0.39, 0.29) is 0 Å². The van der Waals surface area contributed by atoms with E-state index in [2.05, 4.69) is 18.1 Å². The first-order chi connectivity index (χ1) is 8.72. The molecule has 1 aliphatic rings. The van der Waals surface area contributed by atoms with Crippen molar-refractivity contribution in [2.45, 2.75) is 0 Å². The van der Waals surface area contributed by atoms with Crippen molar-refractivity contribution in [1.82, 2.24) is 9.34 Å². The average molecular weight is 481 g/mol. The highest BCUT2D eigenvalue weighted by Gasteiger charge is 2.35. The SMILES string of the molecule is CN(C)P1(Cl)=NP(Cl)(Cl)=NP(Cl)(N(C)C)=NP(Cl)(Cl)=N1. The summed E-state index contributed by atoms with van der Waals surface area (Å²) in [7, 11) is 6.69. The minimum atomic E-state index is -3.16. The molecule has 1 heterocycles. The number of hydrogen-bond acceptors (Lipinski definition) is 6. The lowest BCUT2D eigenvalue weighted by molar-refractivity contribution is 0.678. The van der Waals surface area contributed by atoms with Crippen molar-refractivity contribution in [1.29, 1.82) is 0 Å². The summed E-state index contributed by atoms with van der Waals surface area (Å²) in [5.41, 5.74) is 0. The Labute approximate surface area is 147 Å². The second-order valence-electron chi connectivity index (χ2n) is 3.95. The number of halogens is 6. The molecule has 6 nitrogen and oxygen atoms in total. The number of nitrogens with zero attached hydrogens (tertiary/aromatic N) is 6. The van der Waals surface area contributed by atoms with E-state index in [1.165, 1.54) is 0 Å². The van der Waals surface area contributed by atoms with Crippen LogP contribution in [0.25, 0.3) is 0 Å². The molecule has 16 heteroatoms. The van der Waals surface area contributed by atoms with Gasteiger partial charge in [-0.3, -0.25) is 0 Å². The first-order valence-corrected chi connectivity index (χ1v) is 16.9. The molecule has 0 bridgehead atoms. The van der Waals surface area contributed by atoms with Crippen LogP contribution >= 0.6 is 92.7 Å². The highest BCUT2D eigenvalue weighted by Crippen LogP contribution is 2.86. The van der Waals surface area contributed by atoms with Gasteiger partial charge in [0.1, 0.15) is 0 Å². The molecule has 0 aromatic rings. The summed E-state index contributed by atoms with van der Waals surface area (Å²) in [6.07, 6.45) is 0. The molecule has 0 radical (unpaired) electrons. The maximum absolute atomic E-state index is 6.39. The highest BCUT2D eigenvalue weighted by atomic mass is 35.9. The predicted octanol–water partition coefficient (Wildman–Crippen LogP) is 8.34. The zero-order chi connectivity index (χ0) is 16.0. The number of rotatable bonds is 2. The molecular weight excluding hydrogens is 469 g/mol. The van der Waals surface area contributed by atoms with Crippen LogP contribution in [0.2, 0.25) is 0 Å². The lowest BCUT2D eigenvalue weighted by atomic mass is 11.3. The monoisotopic (exact) mass is 478 g/mol. The Bertz CT molecular complexity index is 559. The van der Waals surface area contributed by atoms with Crippen LogP contribution in [-0.4, -0.2) is 37.5 Å². The molecule has 0 aliphatic carbocycles. The van der Waals surface area contributed by atoms with E-state index in [0.29, 0.717) is 0 Å². The summed E-state index contributed by atoms with van der Waals surface area (Å²) in [5, 5.41) is 0. The summed E-state index contributed by atoms with van der Waals surface area (Å²) in [5.74, 6) is -6.31. The van der Waals surface area contributed by atoms with E-state index >= 15 is 0 Å². The van der Waals surface area contributed by atoms with Crippen molar-refractivity contribution in [2.24, 2.45) is 18.1 Å². The van der Waals surface area contributed by atoms with E-state index in [4.69, 9.17) is 67.4 Å². The fraction of sp³-hybridized carbons (Fsp3) is 1.00. The van der Waals surface area contributed by atoms with Crippen LogP contribution in [0.15, 0.2) is 18.1 Å². The summed E-state index contributed by atoms with van der Waals surface area (Å²) in [4.78, 5) is 0. The van der Waals surface area contributed by atoms with Crippen LogP contribution in [0, 0.1) is 0 Å². The van der Waals surface area contributed by atoms with Gasteiger partial charge in [-0.05, 0) is 95.6 Å². The third-order valence-corrected chi connectivity index (χ3v) is 20.1. The average Bonchev–Trinajstić information content (AvgIpc) is 2.10. The fourth-order valence-electron chi connectivity index (χ4n) is 0.939. The quantitative estimate of drug-likeness (QED) is 0.373. The van der Waals surface area contributed by atoms with Gasteiger partial charge in [0.15, 0.2) is 0 Å². The van der Waals surface area contributed by atoms with Crippen molar-refractivity contribution in [3.63, 3.8) is 0 Å². The van der Waals surface area contributed by atoms with Crippen LogP contribution in [0.1, 0.15) is 0 Å². The first kappa shape index (κ1) is 20.6. The zero-order valence-electron chi connectivity index (χ0n) is 10.7. The summed E-state index contributed by atoms with van der Waals surface area (Å²) >= 11 is 37.5. The molecule has 0 saturated heterocycles. The van der Waals surface area contributed by atoms with Crippen LogP contribution in [0.4, 0.5) is 0 Å². The molecular formula is C4H12Cl6N6P4. The minimum absolute atomic E-state index is 1.56. The summed E-state index contributed by atoms with van der Waals surface area (Å²) in [6.45, 7) is -5.91. The van der Waals surface area contributed by atoms with Gasteiger partial charge in [-0.25, -0.2) is 9.34 Å². The molecule has 2 atom stereocenters. The Balaban J connectivity index is 3.81. The first-order valence-electron chi connectivity index (χ1n) is 4.80. The standard InChI is InChI=1S/C4H12Cl6N6P4/c1-15(2)19(9)11-17(5,6)13-20(10,16(3)4)14-18(7,8)12-19/h1-4H3. The molecule has 0 spiro atoms. The van der Waals surface area contributed by atoms with Crippen LogP contribution in [0.3, 0.4) is 0 Å². The van der Waals surface area contributed by atoms with E-state index in [0.717, 1.165) is 0 Å². The minimum Gasteiger partial charge on any atom is -0.246 e. The van der Waals surface area contributed by atoms with Gasteiger partial charge in [-0.1, -0.05) is 0 Å². The normalized spacial score (nSPS) is 36.2. The molecule has 0 amide bonds.